The SMILES string of the molecule is CC(=O)O[C@@H]1C(=O)N(c2ccc(C(=O)O)cc2)[C@H]1c1ccc(F)cc1. The van der Waals surface area contributed by atoms with Gasteiger partial charge in [0.2, 0.25) is 6.10 Å². The number of amides is 1. The van der Waals surface area contributed by atoms with Crippen molar-refractivity contribution in [2.24, 2.45) is 0 Å². The number of anilines is 1. The first kappa shape index (κ1) is 16.6. The number of carbonyl (C=O) groups excluding carboxylic acids is 2. The first-order valence-electron chi connectivity index (χ1n) is 7.47. The molecule has 0 saturated carbocycles. The molecular weight excluding hydrogens is 329 g/mol. The first-order valence-corrected chi connectivity index (χ1v) is 7.47. The number of hydrogen-bond donors (Lipinski definition) is 1. The fourth-order valence-corrected chi connectivity index (χ4v) is 2.79. The van der Waals surface area contributed by atoms with Gasteiger partial charge in [-0.15, -0.1) is 0 Å². The summed E-state index contributed by atoms with van der Waals surface area (Å²) in [6.07, 6.45) is -0.998. The molecule has 0 spiro atoms. The van der Waals surface area contributed by atoms with E-state index in [4.69, 9.17) is 9.84 Å². The van der Waals surface area contributed by atoms with Gasteiger partial charge < -0.3 is 9.84 Å². The van der Waals surface area contributed by atoms with Gasteiger partial charge in [0.25, 0.3) is 5.91 Å². The van der Waals surface area contributed by atoms with Crippen LogP contribution in [0.3, 0.4) is 0 Å². The van der Waals surface area contributed by atoms with Crippen molar-refractivity contribution in [3.05, 3.63) is 65.5 Å². The summed E-state index contributed by atoms with van der Waals surface area (Å²) in [5, 5.41) is 8.96. The Labute approximate surface area is 142 Å². The number of hydrogen-bond acceptors (Lipinski definition) is 4. The number of nitrogens with zero attached hydrogens (tertiary/aromatic N) is 1. The van der Waals surface area contributed by atoms with E-state index in [9.17, 15) is 18.8 Å². The Bertz CT molecular complexity index is 832. The number of carbonyl (C=O) groups is 3. The van der Waals surface area contributed by atoms with Gasteiger partial charge in [-0.1, -0.05) is 12.1 Å². The van der Waals surface area contributed by atoms with Gasteiger partial charge in [0.05, 0.1) is 5.56 Å². The van der Waals surface area contributed by atoms with Crippen LogP contribution < -0.4 is 4.90 Å². The van der Waals surface area contributed by atoms with E-state index in [1.54, 1.807) is 0 Å². The van der Waals surface area contributed by atoms with Gasteiger partial charge in [-0.3, -0.25) is 14.5 Å². The third-order valence-electron chi connectivity index (χ3n) is 3.94. The fourth-order valence-electron chi connectivity index (χ4n) is 2.79. The van der Waals surface area contributed by atoms with Crippen molar-refractivity contribution in [1.82, 2.24) is 0 Å². The quantitative estimate of drug-likeness (QED) is 0.681. The van der Waals surface area contributed by atoms with Gasteiger partial charge in [0.15, 0.2) is 0 Å². The molecule has 2 atom stereocenters. The first-order chi connectivity index (χ1) is 11.9. The molecule has 25 heavy (non-hydrogen) atoms. The minimum absolute atomic E-state index is 0.0894. The molecule has 1 saturated heterocycles. The standard InChI is InChI=1S/C18H14FNO5/c1-10(21)25-16-15(11-2-6-13(19)7-3-11)20(17(16)22)14-8-4-12(5-9-14)18(23)24/h2-9,15-16H,1H3,(H,23,24)/t15-,16-/m0/s1. The molecule has 0 unspecified atom stereocenters. The van der Waals surface area contributed by atoms with Gasteiger partial charge >= 0.3 is 11.9 Å². The molecule has 2 aromatic carbocycles. The number of β-lactam (4-membered cyclic amide) rings is 1. The molecule has 0 aromatic heterocycles. The zero-order valence-corrected chi connectivity index (χ0v) is 13.2. The zero-order valence-electron chi connectivity index (χ0n) is 13.2. The van der Waals surface area contributed by atoms with Gasteiger partial charge in [-0.2, -0.15) is 0 Å². The summed E-state index contributed by atoms with van der Waals surface area (Å²) in [6.45, 7) is 1.21. The summed E-state index contributed by atoms with van der Waals surface area (Å²) in [4.78, 5) is 36.0. The summed E-state index contributed by atoms with van der Waals surface area (Å²) < 4.78 is 18.3. The van der Waals surface area contributed by atoms with E-state index in [1.807, 2.05) is 0 Å². The van der Waals surface area contributed by atoms with E-state index in [2.05, 4.69) is 0 Å². The Hall–Kier alpha value is -3.22. The van der Waals surface area contributed by atoms with Crippen LogP contribution in [-0.4, -0.2) is 29.1 Å². The fraction of sp³-hybridized carbons (Fsp3) is 0.167. The van der Waals surface area contributed by atoms with Crippen molar-refractivity contribution in [3.8, 4) is 0 Å². The second kappa shape index (κ2) is 6.35. The van der Waals surface area contributed by atoms with E-state index in [1.165, 1.54) is 60.4 Å². The van der Waals surface area contributed by atoms with Crippen LogP contribution in [0.15, 0.2) is 48.5 Å². The largest absolute Gasteiger partial charge is 0.478 e. The van der Waals surface area contributed by atoms with E-state index in [0.717, 1.165) is 0 Å². The Morgan fingerprint density at radius 3 is 2.20 bits per heavy atom. The van der Waals surface area contributed by atoms with Crippen LogP contribution in [0.25, 0.3) is 0 Å². The molecule has 0 radical (unpaired) electrons. The number of ether oxygens (including phenoxy) is 1. The molecule has 1 fully saturated rings. The molecular formula is C18H14FNO5. The maximum absolute atomic E-state index is 13.2. The second-order valence-corrected chi connectivity index (χ2v) is 5.59. The molecule has 3 rings (SSSR count). The van der Waals surface area contributed by atoms with Crippen molar-refractivity contribution in [1.29, 1.82) is 0 Å². The van der Waals surface area contributed by atoms with Crippen LogP contribution in [-0.2, 0) is 14.3 Å². The number of aromatic carboxylic acids is 1. The van der Waals surface area contributed by atoms with Crippen LogP contribution in [0.5, 0.6) is 0 Å². The molecule has 1 N–H and O–H groups in total. The van der Waals surface area contributed by atoms with Crippen LogP contribution in [0, 0.1) is 5.82 Å². The topological polar surface area (TPSA) is 83.9 Å². The van der Waals surface area contributed by atoms with Crippen molar-refractivity contribution in [3.63, 3.8) is 0 Å². The second-order valence-electron chi connectivity index (χ2n) is 5.59. The maximum atomic E-state index is 13.2. The lowest BCUT2D eigenvalue weighted by Crippen LogP contribution is -2.60. The highest BCUT2D eigenvalue weighted by Gasteiger charge is 2.51. The number of halogens is 1. The average molecular weight is 343 g/mol. The Kier molecular flexibility index (Phi) is 4.22. The predicted octanol–water partition coefficient (Wildman–Crippen LogP) is 2.54. The monoisotopic (exact) mass is 343 g/mol. The third kappa shape index (κ3) is 3.08. The third-order valence-corrected chi connectivity index (χ3v) is 3.94. The molecule has 128 valence electrons. The minimum Gasteiger partial charge on any atom is -0.478 e. The lowest BCUT2D eigenvalue weighted by atomic mass is 9.89. The van der Waals surface area contributed by atoms with Crippen molar-refractivity contribution in [2.75, 3.05) is 4.90 Å². The van der Waals surface area contributed by atoms with Gasteiger partial charge in [0, 0.05) is 12.6 Å². The van der Waals surface area contributed by atoms with Crippen LogP contribution >= 0.6 is 0 Å². The summed E-state index contributed by atoms with van der Waals surface area (Å²) in [5.74, 6) is -2.51. The predicted molar refractivity (Wildman–Crippen MR) is 85.6 cm³/mol. The van der Waals surface area contributed by atoms with Crippen LogP contribution in [0.2, 0.25) is 0 Å². The highest BCUT2D eigenvalue weighted by atomic mass is 19.1. The summed E-state index contributed by atoms with van der Waals surface area (Å²) >= 11 is 0. The van der Waals surface area contributed by atoms with E-state index in [-0.39, 0.29) is 5.56 Å². The van der Waals surface area contributed by atoms with Gasteiger partial charge in [0.1, 0.15) is 11.9 Å². The zero-order chi connectivity index (χ0) is 18.1. The Morgan fingerprint density at radius 2 is 1.68 bits per heavy atom. The number of esters is 1. The van der Waals surface area contributed by atoms with Gasteiger partial charge in [-0.25, -0.2) is 9.18 Å². The molecule has 1 aliphatic heterocycles. The van der Waals surface area contributed by atoms with Crippen molar-refractivity contribution in [2.45, 2.75) is 19.1 Å². The smallest absolute Gasteiger partial charge is 0.335 e. The van der Waals surface area contributed by atoms with Crippen LogP contribution in [0.1, 0.15) is 28.9 Å². The normalized spacial score (nSPS) is 19.3. The Morgan fingerprint density at radius 1 is 1.08 bits per heavy atom. The van der Waals surface area contributed by atoms with E-state index < -0.39 is 35.8 Å². The van der Waals surface area contributed by atoms with Crippen molar-refractivity contribution >= 4 is 23.5 Å². The summed E-state index contributed by atoms with van der Waals surface area (Å²) in [5.41, 5.74) is 1.16. The van der Waals surface area contributed by atoms with Crippen LogP contribution in [0.4, 0.5) is 10.1 Å². The number of carboxylic acids is 1. The summed E-state index contributed by atoms with van der Waals surface area (Å²) in [6, 6.07) is 10.7. The highest BCUT2D eigenvalue weighted by Crippen LogP contribution is 2.41. The molecule has 1 heterocycles. The van der Waals surface area contributed by atoms with E-state index in [0.29, 0.717) is 11.3 Å². The number of carboxylic acid groups (broad SMARTS) is 1. The lowest BCUT2D eigenvalue weighted by Gasteiger charge is -2.46. The van der Waals surface area contributed by atoms with E-state index >= 15 is 0 Å². The maximum Gasteiger partial charge on any atom is 0.335 e. The number of rotatable bonds is 4. The van der Waals surface area contributed by atoms with Gasteiger partial charge in [-0.05, 0) is 42.0 Å². The molecule has 6 nitrogen and oxygen atoms in total. The molecule has 1 amide bonds. The molecule has 1 aliphatic rings. The lowest BCUT2D eigenvalue weighted by molar-refractivity contribution is -0.160. The molecule has 2 aromatic rings. The highest BCUT2D eigenvalue weighted by molar-refractivity contribution is 6.06. The molecule has 0 bridgehead atoms. The molecule has 0 aliphatic carbocycles. The Balaban J connectivity index is 1.95. The molecule has 7 heteroatoms. The minimum atomic E-state index is -1.07. The summed E-state index contributed by atoms with van der Waals surface area (Å²) in [7, 11) is 0. The average Bonchev–Trinajstić information content (AvgIpc) is 2.58. The number of benzene rings is 2. The van der Waals surface area contributed by atoms with Crippen molar-refractivity contribution < 1.29 is 28.6 Å².